The molecule has 1 amide bonds. The van der Waals surface area contributed by atoms with Crippen molar-refractivity contribution in [3.63, 3.8) is 0 Å². The molecule has 0 fully saturated rings. The molecule has 0 aliphatic rings. The quantitative estimate of drug-likeness (QED) is 0.278. The Kier molecular flexibility index (Phi) is 6.60. The average molecular weight is 480 g/mol. The molecule has 1 heterocycles. The molecule has 0 spiro atoms. The smallest absolute Gasteiger partial charge is 0.293 e. The summed E-state index contributed by atoms with van der Waals surface area (Å²) in [6.07, 6.45) is 0. The number of benzene rings is 2. The highest BCUT2D eigenvalue weighted by molar-refractivity contribution is 9.10. The van der Waals surface area contributed by atoms with Crippen LogP contribution in [0.5, 0.6) is 0 Å². The standard InChI is InChI=1S/C17H14BrN5O3S2/c1-10-5-6-13(14(7-10)23(25)26)20-15(24)9-27-17-22-21-16(28-17)19-12-4-2-3-11(18)8-12/h2-8H,9H2,1H3,(H,19,21)(H,20,24). The summed E-state index contributed by atoms with van der Waals surface area (Å²) in [6.45, 7) is 1.75. The summed E-state index contributed by atoms with van der Waals surface area (Å²) in [4.78, 5) is 22.8. The highest BCUT2D eigenvalue weighted by atomic mass is 79.9. The van der Waals surface area contributed by atoms with E-state index in [9.17, 15) is 14.9 Å². The van der Waals surface area contributed by atoms with Gasteiger partial charge >= 0.3 is 0 Å². The van der Waals surface area contributed by atoms with Crippen molar-refractivity contribution in [1.29, 1.82) is 0 Å². The van der Waals surface area contributed by atoms with Gasteiger partial charge in [-0.3, -0.25) is 14.9 Å². The van der Waals surface area contributed by atoms with Gasteiger partial charge < -0.3 is 10.6 Å². The maximum atomic E-state index is 12.2. The van der Waals surface area contributed by atoms with Crippen LogP contribution in [0.15, 0.2) is 51.3 Å². The Hall–Kier alpha value is -2.50. The SMILES string of the molecule is Cc1ccc(NC(=O)CSc2nnc(Nc3cccc(Br)c3)s2)c([N+](=O)[O-])c1. The Balaban J connectivity index is 1.57. The monoisotopic (exact) mass is 479 g/mol. The molecule has 0 aliphatic carbocycles. The lowest BCUT2D eigenvalue weighted by Gasteiger charge is -2.05. The summed E-state index contributed by atoms with van der Waals surface area (Å²) in [6, 6.07) is 12.3. The molecule has 28 heavy (non-hydrogen) atoms. The van der Waals surface area contributed by atoms with Crippen LogP contribution < -0.4 is 10.6 Å². The van der Waals surface area contributed by atoms with Gasteiger partial charge in [0.1, 0.15) is 5.69 Å². The first-order valence-electron chi connectivity index (χ1n) is 7.94. The molecule has 0 saturated heterocycles. The number of amides is 1. The van der Waals surface area contributed by atoms with Gasteiger partial charge in [0.25, 0.3) is 5.69 Å². The summed E-state index contributed by atoms with van der Waals surface area (Å²) >= 11 is 5.93. The van der Waals surface area contributed by atoms with Gasteiger partial charge in [-0.15, -0.1) is 10.2 Å². The lowest BCUT2D eigenvalue weighted by atomic mass is 10.2. The number of hydrogen-bond acceptors (Lipinski definition) is 8. The number of nitrogens with one attached hydrogen (secondary N) is 2. The van der Waals surface area contributed by atoms with Crippen LogP contribution in [0.1, 0.15) is 5.56 Å². The van der Waals surface area contributed by atoms with Crippen molar-refractivity contribution in [2.75, 3.05) is 16.4 Å². The molecule has 144 valence electrons. The van der Waals surface area contributed by atoms with Crippen LogP contribution in [0.25, 0.3) is 0 Å². The fraction of sp³-hybridized carbons (Fsp3) is 0.118. The number of halogens is 1. The molecule has 8 nitrogen and oxygen atoms in total. The Morgan fingerprint density at radius 3 is 2.86 bits per heavy atom. The molecule has 0 atom stereocenters. The number of nitrogens with zero attached hydrogens (tertiary/aromatic N) is 3. The Morgan fingerprint density at radius 2 is 2.11 bits per heavy atom. The van der Waals surface area contributed by atoms with E-state index in [0.29, 0.717) is 9.47 Å². The third kappa shape index (κ3) is 5.50. The Bertz CT molecular complexity index is 1030. The number of carbonyl (C=O) groups excluding carboxylic acids is 1. The Morgan fingerprint density at radius 1 is 1.29 bits per heavy atom. The van der Waals surface area contributed by atoms with Gasteiger partial charge in [0.2, 0.25) is 11.0 Å². The number of thioether (sulfide) groups is 1. The molecule has 2 N–H and O–H groups in total. The lowest BCUT2D eigenvalue weighted by molar-refractivity contribution is -0.384. The van der Waals surface area contributed by atoms with E-state index < -0.39 is 4.92 Å². The number of anilines is 3. The second kappa shape index (κ2) is 9.13. The third-order valence-electron chi connectivity index (χ3n) is 3.43. The second-order valence-electron chi connectivity index (χ2n) is 5.62. The van der Waals surface area contributed by atoms with Gasteiger partial charge in [-0.2, -0.15) is 0 Å². The predicted octanol–water partition coefficient (Wildman–Crippen LogP) is 4.99. The van der Waals surface area contributed by atoms with Crippen molar-refractivity contribution in [3.05, 3.63) is 62.6 Å². The highest BCUT2D eigenvalue weighted by Gasteiger charge is 2.16. The van der Waals surface area contributed by atoms with E-state index in [1.807, 2.05) is 24.3 Å². The van der Waals surface area contributed by atoms with Crippen molar-refractivity contribution < 1.29 is 9.72 Å². The molecule has 0 saturated carbocycles. The molecule has 2 aromatic carbocycles. The fourth-order valence-electron chi connectivity index (χ4n) is 2.22. The molecular formula is C17H14BrN5O3S2. The minimum absolute atomic E-state index is 0.0660. The van der Waals surface area contributed by atoms with Crippen molar-refractivity contribution in [1.82, 2.24) is 10.2 Å². The van der Waals surface area contributed by atoms with E-state index in [2.05, 4.69) is 36.8 Å². The van der Waals surface area contributed by atoms with Crippen LogP contribution in [0, 0.1) is 17.0 Å². The second-order valence-corrected chi connectivity index (χ2v) is 8.74. The molecule has 3 aromatic rings. The molecule has 0 radical (unpaired) electrons. The summed E-state index contributed by atoms with van der Waals surface area (Å²) in [5.41, 5.74) is 1.66. The van der Waals surface area contributed by atoms with Crippen LogP contribution in [-0.2, 0) is 4.79 Å². The lowest BCUT2D eigenvalue weighted by Crippen LogP contribution is -2.15. The van der Waals surface area contributed by atoms with Gasteiger partial charge in [-0.25, -0.2) is 0 Å². The van der Waals surface area contributed by atoms with Gasteiger partial charge in [0.15, 0.2) is 4.34 Å². The molecule has 1 aromatic heterocycles. The molecule has 0 aliphatic heterocycles. The maximum absolute atomic E-state index is 12.2. The Labute approximate surface area is 177 Å². The van der Waals surface area contributed by atoms with Gasteiger partial charge in [0, 0.05) is 16.2 Å². The zero-order valence-corrected chi connectivity index (χ0v) is 17.7. The van der Waals surface area contributed by atoms with Crippen molar-refractivity contribution in [2.45, 2.75) is 11.3 Å². The molecule has 3 rings (SSSR count). The van der Waals surface area contributed by atoms with E-state index in [-0.39, 0.29) is 23.0 Å². The van der Waals surface area contributed by atoms with Crippen LogP contribution in [-0.4, -0.2) is 26.8 Å². The number of nitro benzene ring substituents is 1. The van der Waals surface area contributed by atoms with E-state index in [4.69, 9.17) is 0 Å². The van der Waals surface area contributed by atoms with E-state index in [1.165, 1.54) is 35.2 Å². The van der Waals surface area contributed by atoms with E-state index in [1.54, 1.807) is 13.0 Å². The first-order valence-corrected chi connectivity index (χ1v) is 10.5. The van der Waals surface area contributed by atoms with Gasteiger partial charge in [0.05, 0.1) is 10.7 Å². The number of aromatic nitrogens is 2. The van der Waals surface area contributed by atoms with Crippen LogP contribution >= 0.6 is 39.0 Å². The minimum Gasteiger partial charge on any atom is -0.330 e. The van der Waals surface area contributed by atoms with Crippen LogP contribution in [0.2, 0.25) is 0 Å². The van der Waals surface area contributed by atoms with Crippen molar-refractivity contribution in [3.8, 4) is 0 Å². The minimum atomic E-state index is -0.514. The zero-order valence-electron chi connectivity index (χ0n) is 14.5. The van der Waals surface area contributed by atoms with Crippen LogP contribution in [0.4, 0.5) is 22.2 Å². The maximum Gasteiger partial charge on any atom is 0.293 e. The van der Waals surface area contributed by atoms with E-state index in [0.717, 1.165) is 15.7 Å². The van der Waals surface area contributed by atoms with Gasteiger partial charge in [-0.1, -0.05) is 51.2 Å². The number of rotatable bonds is 7. The van der Waals surface area contributed by atoms with Crippen molar-refractivity contribution in [2.24, 2.45) is 0 Å². The molecular weight excluding hydrogens is 466 g/mol. The summed E-state index contributed by atoms with van der Waals surface area (Å²) in [5, 5.41) is 25.5. The number of nitro groups is 1. The molecule has 0 bridgehead atoms. The summed E-state index contributed by atoms with van der Waals surface area (Å²) in [5.74, 6) is -0.287. The summed E-state index contributed by atoms with van der Waals surface area (Å²) in [7, 11) is 0. The van der Waals surface area contributed by atoms with Gasteiger partial charge in [-0.05, 0) is 36.8 Å². The first kappa shape index (κ1) is 20.2. The van der Waals surface area contributed by atoms with Crippen molar-refractivity contribution >= 4 is 67.1 Å². The van der Waals surface area contributed by atoms with Crippen LogP contribution in [0.3, 0.4) is 0 Å². The predicted molar refractivity (Wildman–Crippen MR) is 115 cm³/mol. The zero-order chi connectivity index (χ0) is 20.1. The third-order valence-corrected chi connectivity index (χ3v) is 5.90. The highest BCUT2D eigenvalue weighted by Crippen LogP contribution is 2.29. The fourth-order valence-corrected chi connectivity index (χ4v) is 4.19. The number of carbonyl (C=O) groups is 1. The summed E-state index contributed by atoms with van der Waals surface area (Å²) < 4.78 is 1.56. The average Bonchev–Trinajstić information content (AvgIpc) is 3.09. The molecule has 11 heteroatoms. The van der Waals surface area contributed by atoms with E-state index >= 15 is 0 Å². The topological polar surface area (TPSA) is 110 Å². The molecule has 0 unspecified atom stereocenters. The largest absolute Gasteiger partial charge is 0.330 e. The number of hydrogen-bond donors (Lipinski definition) is 2. The normalized spacial score (nSPS) is 10.5. The number of aryl methyl sites for hydroxylation is 1. The first-order chi connectivity index (χ1) is 13.4.